The molecule has 0 N–H and O–H groups in total. The molecule has 1 aliphatic rings. The molecule has 0 saturated heterocycles. The Hall–Kier alpha value is 0.0638. The number of hydrogen-bond donors (Lipinski definition) is 0. The van der Waals surface area contributed by atoms with Crippen molar-refractivity contribution in [1.29, 1.82) is 0 Å². The molecule has 1 saturated carbocycles. The van der Waals surface area contributed by atoms with E-state index in [2.05, 4.69) is 67.7 Å². The van der Waals surface area contributed by atoms with Crippen LogP contribution in [0.3, 0.4) is 0 Å². The van der Waals surface area contributed by atoms with Gasteiger partial charge in [0.15, 0.2) is 14.1 Å². The lowest BCUT2D eigenvalue weighted by atomic mass is 9.95. The van der Waals surface area contributed by atoms with Gasteiger partial charge in [-0.05, 0) is 36.0 Å². The van der Waals surface area contributed by atoms with Crippen molar-refractivity contribution in [1.82, 2.24) is 0 Å². The molecule has 1 aliphatic carbocycles. The molecule has 0 spiro atoms. The van der Waals surface area contributed by atoms with Crippen molar-refractivity contribution >= 4 is 22.2 Å². The first-order valence-corrected chi connectivity index (χ1v) is 14.7. The van der Waals surface area contributed by atoms with Crippen LogP contribution in [0.5, 0.6) is 0 Å². The van der Waals surface area contributed by atoms with E-state index in [4.69, 9.17) is 4.43 Å². The van der Waals surface area contributed by atoms with Crippen molar-refractivity contribution in [3.05, 3.63) is 0 Å². The molecule has 0 amide bonds. The summed E-state index contributed by atoms with van der Waals surface area (Å²) < 4.78 is 6.99. The second-order valence-electron chi connectivity index (χ2n) is 10.2. The molecule has 4 heteroatoms. The minimum atomic E-state index is -1.98. The molecule has 0 aliphatic heterocycles. The van der Waals surface area contributed by atoms with Crippen LogP contribution < -0.4 is 0 Å². The number of ketones is 1. The van der Waals surface area contributed by atoms with Crippen LogP contribution in [0.1, 0.15) is 67.2 Å². The van der Waals surface area contributed by atoms with Gasteiger partial charge >= 0.3 is 0 Å². The molecule has 2 nitrogen and oxygen atoms in total. The highest BCUT2D eigenvalue weighted by Crippen LogP contribution is 2.52. The zero-order valence-corrected chi connectivity index (χ0v) is 18.6. The molecule has 0 bridgehead atoms. The van der Waals surface area contributed by atoms with E-state index < -0.39 is 21.6 Å². The average molecular weight is 343 g/mol. The molecular weight excluding hydrogens is 304 g/mol. The molecule has 1 atom stereocenters. The van der Waals surface area contributed by atoms with Gasteiger partial charge in [-0.1, -0.05) is 61.1 Å². The van der Waals surface area contributed by atoms with Gasteiger partial charge in [-0.25, -0.2) is 0 Å². The summed E-state index contributed by atoms with van der Waals surface area (Å²) in [4.78, 5) is 13.1. The van der Waals surface area contributed by atoms with Crippen molar-refractivity contribution in [2.75, 3.05) is 0 Å². The largest absolute Gasteiger partial charge is 0.407 e. The fourth-order valence-corrected chi connectivity index (χ4v) is 9.11. The number of carbonyl (C=O) groups is 1. The topological polar surface area (TPSA) is 26.3 Å². The third kappa shape index (κ3) is 3.29. The van der Waals surface area contributed by atoms with Crippen LogP contribution in [-0.4, -0.2) is 27.4 Å². The van der Waals surface area contributed by atoms with Gasteiger partial charge in [-0.3, -0.25) is 4.79 Å². The van der Waals surface area contributed by atoms with E-state index in [0.717, 1.165) is 19.3 Å². The number of carbonyl (C=O) groups excluding carboxylic acids is 1. The highest BCUT2D eigenvalue weighted by atomic mass is 28.4. The summed E-state index contributed by atoms with van der Waals surface area (Å²) in [5.41, 5.74) is 0. The normalized spacial score (nSPS) is 25.5. The van der Waals surface area contributed by atoms with Crippen LogP contribution in [0.2, 0.25) is 36.3 Å². The first kappa shape index (κ1) is 20.1. The predicted molar refractivity (Wildman–Crippen MR) is 102 cm³/mol. The molecule has 0 radical (unpaired) electrons. The van der Waals surface area contributed by atoms with E-state index in [0.29, 0.717) is 12.2 Å². The highest BCUT2D eigenvalue weighted by molar-refractivity contribution is 6.87. The Kier molecular flexibility index (Phi) is 5.35. The predicted octanol–water partition coefficient (Wildman–Crippen LogP) is 5.94. The lowest BCUT2D eigenvalue weighted by molar-refractivity contribution is -0.132. The molecule has 130 valence electrons. The molecule has 0 aromatic rings. The van der Waals surface area contributed by atoms with Crippen molar-refractivity contribution in [2.45, 2.75) is 109 Å². The monoisotopic (exact) mass is 342 g/mol. The quantitative estimate of drug-likeness (QED) is 0.593. The minimum absolute atomic E-state index is 0.139. The molecule has 0 heterocycles. The molecule has 0 aromatic heterocycles. The molecule has 1 fully saturated rings. The summed E-state index contributed by atoms with van der Waals surface area (Å²) >= 11 is 0. The van der Waals surface area contributed by atoms with Crippen LogP contribution in [0.25, 0.3) is 0 Å². The number of Topliss-reactive ketones (excluding diaryl/α,β-unsaturated/α-hetero) is 1. The van der Waals surface area contributed by atoms with E-state index in [1.807, 2.05) is 0 Å². The third-order valence-electron chi connectivity index (χ3n) is 6.75. The summed E-state index contributed by atoms with van der Waals surface area (Å²) in [7, 11) is -3.92. The maximum Gasteiger partial charge on any atom is 0.193 e. The minimum Gasteiger partial charge on any atom is -0.407 e. The Morgan fingerprint density at radius 2 is 1.41 bits per heavy atom. The zero-order valence-electron chi connectivity index (χ0n) is 16.6. The van der Waals surface area contributed by atoms with Gasteiger partial charge in [-0.2, -0.15) is 0 Å². The van der Waals surface area contributed by atoms with Gasteiger partial charge in [0, 0.05) is 6.42 Å². The van der Waals surface area contributed by atoms with Crippen molar-refractivity contribution in [3.8, 4) is 0 Å². The van der Waals surface area contributed by atoms with Crippen molar-refractivity contribution in [2.24, 2.45) is 0 Å². The van der Waals surface area contributed by atoms with Gasteiger partial charge in [-0.15, -0.1) is 0 Å². The second kappa shape index (κ2) is 5.85. The van der Waals surface area contributed by atoms with E-state index >= 15 is 0 Å². The van der Waals surface area contributed by atoms with Gasteiger partial charge in [0.2, 0.25) is 0 Å². The Morgan fingerprint density at radius 3 is 1.77 bits per heavy atom. The van der Waals surface area contributed by atoms with E-state index in [1.165, 1.54) is 0 Å². The van der Waals surface area contributed by atoms with Crippen molar-refractivity contribution in [3.63, 3.8) is 0 Å². The SMILES string of the molecule is CC(C)(C)[Si](C)(C)OC1([Si](C)(C)C(C)(C)C)CCCCC1=O. The lowest BCUT2D eigenvalue weighted by Crippen LogP contribution is -2.70. The van der Waals surface area contributed by atoms with E-state index in [1.54, 1.807) is 0 Å². The van der Waals surface area contributed by atoms with Gasteiger partial charge < -0.3 is 4.43 Å². The molecule has 22 heavy (non-hydrogen) atoms. The molecular formula is C18H38O2Si2. The van der Waals surface area contributed by atoms with Gasteiger partial charge in [0.25, 0.3) is 0 Å². The van der Waals surface area contributed by atoms with E-state index in [-0.39, 0.29) is 10.1 Å². The Balaban J connectivity index is 3.41. The fourth-order valence-electron chi connectivity index (χ4n) is 3.09. The van der Waals surface area contributed by atoms with Gasteiger partial charge in [0.1, 0.15) is 5.22 Å². The lowest BCUT2D eigenvalue weighted by Gasteiger charge is -2.56. The zero-order chi connectivity index (χ0) is 17.6. The molecule has 0 aromatic carbocycles. The summed E-state index contributed by atoms with van der Waals surface area (Å²) in [5.74, 6) is 0.398. The maximum atomic E-state index is 13.1. The van der Waals surface area contributed by atoms with E-state index in [9.17, 15) is 4.79 Å². The summed E-state index contributed by atoms with van der Waals surface area (Å²) in [6.45, 7) is 23.1. The average Bonchev–Trinajstić information content (AvgIpc) is 2.28. The standard InChI is InChI=1S/C18H38O2Si2/c1-16(2,3)21(7,8)18(14-12-11-13-15(18)19)20-22(9,10)17(4,5)6/h11-14H2,1-10H3. The van der Waals surface area contributed by atoms with Crippen LogP contribution >= 0.6 is 0 Å². The second-order valence-corrected chi connectivity index (χ2v) is 20.5. The summed E-state index contributed by atoms with van der Waals surface area (Å²) in [5, 5.41) is -0.186. The summed E-state index contributed by atoms with van der Waals surface area (Å²) in [6.07, 6.45) is 3.82. The fraction of sp³-hybridized carbons (Fsp3) is 0.944. The van der Waals surface area contributed by atoms with Crippen LogP contribution in [0.4, 0.5) is 0 Å². The third-order valence-corrected chi connectivity index (χ3v) is 17.8. The summed E-state index contributed by atoms with van der Waals surface area (Å²) in [6, 6.07) is 0. The first-order chi connectivity index (χ1) is 9.58. The molecule has 1 rings (SSSR count). The Morgan fingerprint density at radius 1 is 0.909 bits per heavy atom. The Bertz CT molecular complexity index is 427. The van der Waals surface area contributed by atoms with Gasteiger partial charge in [0.05, 0.1) is 8.07 Å². The highest BCUT2D eigenvalue weighted by Gasteiger charge is 2.61. The maximum absolute atomic E-state index is 13.1. The Labute approximate surface area is 140 Å². The van der Waals surface area contributed by atoms with Crippen LogP contribution in [0.15, 0.2) is 0 Å². The number of rotatable bonds is 3. The number of hydrogen-bond acceptors (Lipinski definition) is 2. The first-order valence-electron chi connectivity index (χ1n) is 8.82. The molecule has 1 unspecified atom stereocenters. The smallest absolute Gasteiger partial charge is 0.193 e. The van der Waals surface area contributed by atoms with Crippen LogP contribution in [0, 0.1) is 0 Å². The van der Waals surface area contributed by atoms with Crippen LogP contribution in [-0.2, 0) is 9.22 Å². The van der Waals surface area contributed by atoms with Crippen molar-refractivity contribution < 1.29 is 9.22 Å².